The highest BCUT2D eigenvalue weighted by atomic mass is 16.5. The highest BCUT2D eigenvalue weighted by Crippen LogP contribution is 2.39. The molecule has 0 aromatic heterocycles. The number of aliphatic carboxylic acids is 1. The number of carboxylic acid groups (broad SMARTS) is 1. The number of amides is 3. The number of benzene rings is 2. The number of carbonyl (C=O) groups excluding carboxylic acids is 2. The zero-order valence-electron chi connectivity index (χ0n) is 23.0. The Morgan fingerprint density at radius 2 is 1.76 bits per heavy atom. The predicted octanol–water partition coefficient (Wildman–Crippen LogP) is 4.82. The van der Waals surface area contributed by atoms with Crippen molar-refractivity contribution >= 4 is 29.3 Å². The van der Waals surface area contributed by atoms with Gasteiger partial charge in [-0.05, 0) is 80.9 Å². The van der Waals surface area contributed by atoms with Crippen LogP contribution < -0.4 is 20.7 Å². The van der Waals surface area contributed by atoms with E-state index in [-0.39, 0.29) is 30.2 Å². The standard InChI is InChI=1S/C29H40N4O5/c1-19(16-27(35)36)18-33-14-12-22(13-15-33)29(4,32-21(3)34)23-10-11-25(26(17-23)38-5)31-28(37)30-24-9-7-6-8-20(24)2/h6-11,17,19,22H,12-16,18H2,1-5H3,(H,32,34)(H,35,36)(H2,30,31,37). The fourth-order valence-electron chi connectivity index (χ4n) is 5.38. The van der Waals surface area contributed by atoms with Crippen molar-refractivity contribution in [1.82, 2.24) is 10.2 Å². The molecule has 1 aliphatic heterocycles. The average Bonchev–Trinajstić information content (AvgIpc) is 2.85. The first-order valence-corrected chi connectivity index (χ1v) is 13.1. The van der Waals surface area contributed by atoms with E-state index in [2.05, 4.69) is 20.9 Å². The van der Waals surface area contributed by atoms with Crippen LogP contribution in [0.5, 0.6) is 5.75 Å². The molecule has 2 unspecified atom stereocenters. The average molecular weight is 525 g/mol. The lowest BCUT2D eigenvalue weighted by Gasteiger charge is -2.44. The summed E-state index contributed by atoms with van der Waals surface area (Å²) < 4.78 is 5.63. The minimum Gasteiger partial charge on any atom is -0.495 e. The number of ether oxygens (including phenoxy) is 1. The van der Waals surface area contributed by atoms with Crippen molar-refractivity contribution < 1.29 is 24.2 Å². The summed E-state index contributed by atoms with van der Waals surface area (Å²) in [5.41, 5.74) is 2.46. The summed E-state index contributed by atoms with van der Waals surface area (Å²) in [6, 6.07) is 12.8. The maximum Gasteiger partial charge on any atom is 0.323 e. The molecule has 0 bridgehead atoms. The molecule has 206 valence electrons. The third-order valence-corrected chi connectivity index (χ3v) is 7.38. The SMILES string of the molecule is COc1cc(C(C)(NC(C)=O)C2CCN(CC(C)CC(=O)O)CC2)ccc1NC(=O)Nc1ccccc1C. The van der Waals surface area contributed by atoms with Gasteiger partial charge in [-0.15, -0.1) is 0 Å². The summed E-state index contributed by atoms with van der Waals surface area (Å²) in [5.74, 6) is -0.142. The van der Waals surface area contributed by atoms with Crippen molar-refractivity contribution in [2.24, 2.45) is 11.8 Å². The van der Waals surface area contributed by atoms with Crippen LogP contribution in [0.15, 0.2) is 42.5 Å². The molecule has 0 radical (unpaired) electrons. The van der Waals surface area contributed by atoms with Crippen molar-refractivity contribution in [3.8, 4) is 5.75 Å². The van der Waals surface area contributed by atoms with Gasteiger partial charge in [-0.1, -0.05) is 31.2 Å². The Kier molecular flexibility index (Phi) is 9.74. The summed E-state index contributed by atoms with van der Waals surface area (Å²) in [6.07, 6.45) is 1.88. The minimum atomic E-state index is -0.773. The Hall–Kier alpha value is -3.59. The lowest BCUT2D eigenvalue weighted by Crippen LogP contribution is -2.52. The smallest absolute Gasteiger partial charge is 0.323 e. The lowest BCUT2D eigenvalue weighted by molar-refractivity contribution is -0.138. The van der Waals surface area contributed by atoms with Crippen molar-refractivity contribution in [3.05, 3.63) is 53.6 Å². The zero-order chi connectivity index (χ0) is 27.9. The van der Waals surface area contributed by atoms with Gasteiger partial charge >= 0.3 is 12.0 Å². The van der Waals surface area contributed by atoms with Crippen molar-refractivity contribution in [2.75, 3.05) is 37.4 Å². The Balaban J connectivity index is 1.75. The van der Waals surface area contributed by atoms with Crippen LogP contribution in [0.1, 0.15) is 51.2 Å². The summed E-state index contributed by atoms with van der Waals surface area (Å²) in [5, 5.41) is 18.0. The molecule has 1 fully saturated rings. The van der Waals surface area contributed by atoms with Gasteiger partial charge in [-0.3, -0.25) is 9.59 Å². The zero-order valence-corrected chi connectivity index (χ0v) is 23.0. The number of hydrogen-bond acceptors (Lipinski definition) is 5. The molecule has 0 saturated carbocycles. The van der Waals surface area contributed by atoms with E-state index in [1.807, 2.05) is 57.2 Å². The molecule has 4 N–H and O–H groups in total. The molecular formula is C29H40N4O5. The fourth-order valence-corrected chi connectivity index (χ4v) is 5.38. The maximum absolute atomic E-state index is 12.7. The van der Waals surface area contributed by atoms with E-state index in [1.165, 1.54) is 6.92 Å². The molecule has 2 aromatic carbocycles. The van der Waals surface area contributed by atoms with Gasteiger partial charge in [0, 0.05) is 25.6 Å². The number of nitrogens with zero attached hydrogens (tertiary/aromatic N) is 1. The van der Waals surface area contributed by atoms with Gasteiger partial charge in [-0.25, -0.2) is 4.79 Å². The van der Waals surface area contributed by atoms with Crippen LogP contribution in [0.25, 0.3) is 0 Å². The number of methoxy groups -OCH3 is 1. The van der Waals surface area contributed by atoms with Gasteiger partial charge in [0.2, 0.25) is 5.91 Å². The Labute approximate surface area is 224 Å². The van der Waals surface area contributed by atoms with Gasteiger partial charge in [0.25, 0.3) is 0 Å². The van der Waals surface area contributed by atoms with Gasteiger partial charge in [-0.2, -0.15) is 0 Å². The summed E-state index contributed by atoms with van der Waals surface area (Å²) in [6.45, 7) is 9.85. The largest absolute Gasteiger partial charge is 0.495 e. The molecule has 38 heavy (non-hydrogen) atoms. The molecule has 0 aliphatic carbocycles. The molecule has 2 atom stereocenters. The number of hydrogen-bond donors (Lipinski definition) is 4. The molecule has 0 spiro atoms. The lowest BCUT2D eigenvalue weighted by atomic mass is 9.74. The molecule has 1 aliphatic rings. The highest BCUT2D eigenvalue weighted by molar-refractivity contribution is 6.01. The number of piperidine rings is 1. The van der Waals surface area contributed by atoms with E-state index < -0.39 is 11.5 Å². The van der Waals surface area contributed by atoms with Crippen LogP contribution >= 0.6 is 0 Å². The molecule has 9 heteroatoms. The van der Waals surface area contributed by atoms with Crippen LogP contribution in [0, 0.1) is 18.8 Å². The highest BCUT2D eigenvalue weighted by Gasteiger charge is 2.39. The van der Waals surface area contributed by atoms with E-state index in [9.17, 15) is 14.4 Å². The number of para-hydroxylation sites is 1. The van der Waals surface area contributed by atoms with Crippen molar-refractivity contribution in [1.29, 1.82) is 0 Å². The first-order chi connectivity index (χ1) is 18.0. The minimum absolute atomic E-state index is 0.0816. The molecule has 3 rings (SSSR count). The molecule has 1 saturated heterocycles. The molecule has 9 nitrogen and oxygen atoms in total. The van der Waals surface area contributed by atoms with Crippen LogP contribution in [-0.4, -0.2) is 54.7 Å². The quantitative estimate of drug-likeness (QED) is 0.354. The summed E-state index contributed by atoms with van der Waals surface area (Å²) >= 11 is 0. The Morgan fingerprint density at radius 1 is 1.11 bits per heavy atom. The number of urea groups is 1. The number of likely N-dealkylation sites (tertiary alicyclic amines) is 1. The Bertz CT molecular complexity index is 1150. The molecule has 3 amide bonds. The maximum atomic E-state index is 12.7. The number of anilines is 2. The predicted molar refractivity (Wildman–Crippen MR) is 149 cm³/mol. The number of aryl methyl sites for hydroxylation is 1. The number of rotatable bonds is 10. The van der Waals surface area contributed by atoms with Crippen molar-refractivity contribution in [2.45, 2.75) is 52.5 Å². The first kappa shape index (κ1) is 29.0. The van der Waals surface area contributed by atoms with Gasteiger partial charge in [0.1, 0.15) is 5.75 Å². The second-order valence-electron chi connectivity index (χ2n) is 10.5. The number of carboxylic acids is 1. The van der Waals surface area contributed by atoms with E-state index in [0.717, 1.165) is 49.3 Å². The third-order valence-electron chi connectivity index (χ3n) is 7.38. The fraction of sp³-hybridized carbons (Fsp3) is 0.483. The second-order valence-corrected chi connectivity index (χ2v) is 10.5. The first-order valence-electron chi connectivity index (χ1n) is 13.1. The number of nitrogens with one attached hydrogen (secondary N) is 3. The summed E-state index contributed by atoms with van der Waals surface area (Å²) in [7, 11) is 1.55. The summed E-state index contributed by atoms with van der Waals surface area (Å²) in [4.78, 5) is 38.3. The topological polar surface area (TPSA) is 120 Å². The molecular weight excluding hydrogens is 484 g/mol. The Morgan fingerprint density at radius 3 is 2.37 bits per heavy atom. The number of carbonyl (C=O) groups is 3. The third kappa shape index (κ3) is 7.47. The van der Waals surface area contributed by atoms with E-state index in [1.54, 1.807) is 13.2 Å². The van der Waals surface area contributed by atoms with Crippen molar-refractivity contribution in [3.63, 3.8) is 0 Å². The van der Waals surface area contributed by atoms with Crippen LogP contribution in [0.3, 0.4) is 0 Å². The molecule has 1 heterocycles. The van der Waals surface area contributed by atoms with E-state index in [0.29, 0.717) is 11.4 Å². The normalized spacial score (nSPS) is 16.7. The van der Waals surface area contributed by atoms with Gasteiger partial charge < -0.3 is 30.7 Å². The van der Waals surface area contributed by atoms with E-state index in [4.69, 9.17) is 9.84 Å². The second kappa shape index (κ2) is 12.8. The molecule has 2 aromatic rings. The van der Waals surface area contributed by atoms with Crippen LogP contribution in [-0.2, 0) is 15.1 Å². The van der Waals surface area contributed by atoms with Crippen LogP contribution in [0.4, 0.5) is 16.2 Å². The van der Waals surface area contributed by atoms with Crippen LogP contribution in [0.2, 0.25) is 0 Å². The van der Waals surface area contributed by atoms with Gasteiger partial charge in [0.15, 0.2) is 0 Å². The van der Waals surface area contributed by atoms with Gasteiger partial charge in [0.05, 0.1) is 18.3 Å². The van der Waals surface area contributed by atoms with E-state index >= 15 is 0 Å². The monoisotopic (exact) mass is 524 g/mol.